The lowest BCUT2D eigenvalue weighted by atomic mass is 10.00. The van der Waals surface area contributed by atoms with Gasteiger partial charge in [-0.3, -0.25) is 13.9 Å². The molecule has 6 heteroatoms. The Balaban J connectivity index is 2.30. The Morgan fingerprint density at radius 2 is 1.75 bits per heavy atom. The lowest BCUT2D eigenvalue weighted by molar-refractivity contribution is -0.0291. The van der Waals surface area contributed by atoms with Crippen LogP contribution in [0.3, 0.4) is 0 Å². The van der Waals surface area contributed by atoms with Gasteiger partial charge in [-0.05, 0) is 32.8 Å². The van der Waals surface area contributed by atoms with Crippen LogP contribution in [0.2, 0.25) is 0 Å². The molecule has 0 saturated heterocycles. The molecule has 3 heterocycles. The first-order valence-electron chi connectivity index (χ1n) is 9.72. The van der Waals surface area contributed by atoms with Gasteiger partial charge in [-0.2, -0.15) is 0 Å². The molecule has 0 saturated carbocycles. The van der Waals surface area contributed by atoms with E-state index >= 15 is 0 Å². The molecule has 28 heavy (non-hydrogen) atoms. The van der Waals surface area contributed by atoms with E-state index in [1.807, 2.05) is 6.92 Å². The summed E-state index contributed by atoms with van der Waals surface area (Å²) in [5, 5.41) is 0.584. The number of aryl methyl sites for hydroxylation is 2. The van der Waals surface area contributed by atoms with Crippen LogP contribution in [0.5, 0.6) is 0 Å². The second-order valence-corrected chi connectivity index (χ2v) is 8.38. The molecule has 4 rings (SSSR count). The average molecular weight is 381 g/mol. The first-order chi connectivity index (χ1) is 13.2. The molecular weight excluding hydrogens is 354 g/mol. The second-order valence-electron chi connectivity index (χ2n) is 8.38. The Morgan fingerprint density at radius 1 is 1.11 bits per heavy atom. The van der Waals surface area contributed by atoms with E-state index in [-0.39, 0.29) is 22.9 Å². The summed E-state index contributed by atoms with van der Waals surface area (Å²) >= 11 is 0. The Bertz CT molecular complexity index is 1190. The molecule has 0 aliphatic carbocycles. The van der Waals surface area contributed by atoms with Gasteiger partial charge in [-0.15, -0.1) is 0 Å². The topological polar surface area (TPSA) is 58.2 Å². The van der Waals surface area contributed by atoms with E-state index in [9.17, 15) is 9.59 Å². The molecule has 6 nitrogen and oxygen atoms in total. The minimum atomic E-state index is -0.346. The van der Waals surface area contributed by atoms with E-state index in [2.05, 4.69) is 49.6 Å². The van der Waals surface area contributed by atoms with Gasteiger partial charge in [-0.1, -0.05) is 36.8 Å². The molecule has 148 valence electrons. The molecule has 1 aromatic carbocycles. The summed E-state index contributed by atoms with van der Waals surface area (Å²) in [5.41, 5.74) is 3.68. The molecule has 3 aromatic rings. The molecule has 0 bridgehead atoms. The summed E-state index contributed by atoms with van der Waals surface area (Å²) in [6.07, 6.45) is 0.610. The number of hydrogen-bond acceptors (Lipinski definition) is 3. The van der Waals surface area contributed by atoms with Gasteiger partial charge in [0, 0.05) is 14.1 Å². The predicted molar refractivity (Wildman–Crippen MR) is 111 cm³/mol. The van der Waals surface area contributed by atoms with Crippen LogP contribution in [-0.2, 0) is 24.4 Å². The van der Waals surface area contributed by atoms with Crippen molar-refractivity contribution in [3.8, 4) is 11.3 Å². The maximum Gasteiger partial charge on any atom is 0.331 e. The molecule has 0 N–H and O–H groups in total. The van der Waals surface area contributed by atoms with Crippen LogP contribution in [0.4, 0.5) is 0 Å². The molecule has 0 spiro atoms. The summed E-state index contributed by atoms with van der Waals surface area (Å²) < 4.78 is 11.2. The Hall–Kier alpha value is -2.60. The summed E-state index contributed by atoms with van der Waals surface area (Å²) in [6.45, 7) is 8.88. The number of hydrogen-bond donors (Lipinski definition) is 0. The van der Waals surface area contributed by atoms with Gasteiger partial charge in [0.25, 0.3) is 5.56 Å². The van der Waals surface area contributed by atoms with Crippen molar-refractivity contribution in [1.82, 2.24) is 13.7 Å². The number of benzene rings is 1. The quantitative estimate of drug-likeness (QED) is 0.685. The molecule has 0 amide bonds. The van der Waals surface area contributed by atoms with Gasteiger partial charge in [0.05, 0.1) is 40.5 Å². The van der Waals surface area contributed by atoms with Crippen molar-refractivity contribution < 1.29 is 4.74 Å². The lowest BCUT2D eigenvalue weighted by Gasteiger charge is -2.39. The summed E-state index contributed by atoms with van der Waals surface area (Å²) in [6, 6.07) is 8.21. The summed E-state index contributed by atoms with van der Waals surface area (Å²) in [7, 11) is 3.27. The third-order valence-corrected chi connectivity index (χ3v) is 5.85. The highest BCUT2D eigenvalue weighted by Crippen LogP contribution is 2.44. The average Bonchev–Trinajstić information content (AvgIpc) is 3.03. The first-order valence-corrected chi connectivity index (χ1v) is 9.72. The van der Waals surface area contributed by atoms with Gasteiger partial charge < -0.3 is 9.30 Å². The number of ether oxygens (including phenoxy) is 1. The number of rotatable bonds is 2. The standard InChI is InChI=1S/C22H27N3O3/c1-7-15-18-19-16(20(26)24(6)21(27)23(19)5)17(14-10-8-13(2)9-11-14)25(18)22(3,4)12-28-15/h8-11,15H,7,12H2,1-6H3. The van der Waals surface area contributed by atoms with Crippen molar-refractivity contribution in [1.29, 1.82) is 0 Å². The third-order valence-electron chi connectivity index (χ3n) is 5.85. The molecular formula is C22H27N3O3. The lowest BCUT2D eigenvalue weighted by Crippen LogP contribution is -2.40. The molecule has 2 aromatic heterocycles. The maximum atomic E-state index is 13.3. The largest absolute Gasteiger partial charge is 0.369 e. The molecule has 1 aliphatic heterocycles. The fourth-order valence-electron chi connectivity index (χ4n) is 4.36. The van der Waals surface area contributed by atoms with E-state index < -0.39 is 0 Å². The van der Waals surface area contributed by atoms with Gasteiger partial charge in [0.1, 0.15) is 0 Å². The van der Waals surface area contributed by atoms with E-state index in [1.54, 1.807) is 18.7 Å². The fourth-order valence-corrected chi connectivity index (χ4v) is 4.36. The highest BCUT2D eigenvalue weighted by molar-refractivity contribution is 5.96. The highest BCUT2D eigenvalue weighted by atomic mass is 16.5. The normalized spacial score (nSPS) is 18.4. The van der Waals surface area contributed by atoms with Gasteiger partial charge in [0.15, 0.2) is 0 Å². The van der Waals surface area contributed by atoms with Crippen LogP contribution in [0.25, 0.3) is 22.2 Å². The molecule has 0 radical (unpaired) electrons. The zero-order chi connectivity index (χ0) is 20.4. The van der Waals surface area contributed by atoms with Crippen molar-refractivity contribution in [3.63, 3.8) is 0 Å². The number of aromatic nitrogens is 3. The van der Waals surface area contributed by atoms with Crippen LogP contribution in [-0.4, -0.2) is 20.3 Å². The van der Waals surface area contributed by atoms with Gasteiger partial charge in [-0.25, -0.2) is 4.79 Å². The van der Waals surface area contributed by atoms with Crippen molar-refractivity contribution in [2.45, 2.75) is 45.8 Å². The predicted octanol–water partition coefficient (Wildman–Crippen LogP) is 3.23. The van der Waals surface area contributed by atoms with Gasteiger partial charge in [0.2, 0.25) is 0 Å². The first kappa shape index (κ1) is 18.7. The van der Waals surface area contributed by atoms with Crippen LogP contribution < -0.4 is 11.2 Å². The SMILES string of the molecule is CCC1OCC(C)(C)n2c(-c3ccc(C)cc3)c3c(=O)n(C)c(=O)n(C)c3c21. The zero-order valence-electron chi connectivity index (χ0n) is 17.4. The minimum Gasteiger partial charge on any atom is -0.369 e. The van der Waals surface area contributed by atoms with Crippen LogP contribution in [0.1, 0.15) is 44.6 Å². The smallest absolute Gasteiger partial charge is 0.331 e. The molecule has 1 aliphatic rings. The Kier molecular flexibility index (Phi) is 4.16. The summed E-state index contributed by atoms with van der Waals surface area (Å²) in [4.78, 5) is 26.0. The Morgan fingerprint density at radius 3 is 2.36 bits per heavy atom. The molecule has 1 unspecified atom stereocenters. The number of nitrogens with zero attached hydrogens (tertiary/aromatic N) is 3. The zero-order valence-corrected chi connectivity index (χ0v) is 17.4. The highest BCUT2D eigenvalue weighted by Gasteiger charge is 2.39. The van der Waals surface area contributed by atoms with Crippen LogP contribution >= 0.6 is 0 Å². The fraction of sp³-hybridized carbons (Fsp3) is 0.455. The van der Waals surface area contributed by atoms with Crippen molar-refractivity contribution in [3.05, 3.63) is 56.4 Å². The summed E-state index contributed by atoms with van der Waals surface area (Å²) in [5.74, 6) is 0. The van der Waals surface area contributed by atoms with Crippen molar-refractivity contribution >= 4 is 10.9 Å². The van der Waals surface area contributed by atoms with Gasteiger partial charge >= 0.3 is 5.69 Å². The van der Waals surface area contributed by atoms with Crippen LogP contribution in [0.15, 0.2) is 33.9 Å². The van der Waals surface area contributed by atoms with E-state index in [0.717, 1.165) is 28.9 Å². The molecule has 0 fully saturated rings. The van der Waals surface area contributed by atoms with E-state index in [1.165, 1.54) is 4.57 Å². The molecule has 1 atom stereocenters. The second kappa shape index (κ2) is 6.21. The maximum absolute atomic E-state index is 13.3. The monoisotopic (exact) mass is 381 g/mol. The van der Waals surface area contributed by atoms with E-state index in [0.29, 0.717) is 17.5 Å². The Labute approximate surface area is 164 Å². The van der Waals surface area contributed by atoms with Crippen LogP contribution in [0, 0.1) is 6.92 Å². The minimum absolute atomic E-state index is 0.160. The third kappa shape index (κ3) is 2.44. The van der Waals surface area contributed by atoms with Crippen molar-refractivity contribution in [2.75, 3.05) is 6.61 Å². The van der Waals surface area contributed by atoms with Crippen molar-refractivity contribution in [2.24, 2.45) is 14.1 Å². The van der Waals surface area contributed by atoms with E-state index in [4.69, 9.17) is 4.74 Å². The number of fused-ring (bicyclic) bond motifs is 3.